The molecule has 0 aromatic carbocycles. The largest absolute Gasteiger partial charge is 0.391 e. The van der Waals surface area contributed by atoms with Gasteiger partial charge in [0.2, 0.25) is 0 Å². The Bertz CT molecular complexity index is 747. The van der Waals surface area contributed by atoms with E-state index in [1.165, 1.54) is 5.57 Å². The standard InChI is InChI=1S/C23H32O4/c1-12-9-15(25)10-14-5-6-16-18(23(12,14)4)7-8-22(3)19(26)11-17(20(16)22)21(27)13(2)24/h9-10,13,16-18,20-21,24,27H,5-8,11H2,1-4H3/t13?,16-,17-,18+,20-,21?,22-,23+/m1/s1. The van der Waals surface area contributed by atoms with Gasteiger partial charge in [0.15, 0.2) is 5.78 Å². The minimum absolute atomic E-state index is 0.0949. The van der Waals surface area contributed by atoms with Crippen molar-refractivity contribution in [2.24, 2.45) is 34.5 Å². The Morgan fingerprint density at radius 1 is 1.15 bits per heavy atom. The van der Waals surface area contributed by atoms with Crippen LogP contribution in [0.1, 0.15) is 59.8 Å². The molecule has 148 valence electrons. The summed E-state index contributed by atoms with van der Waals surface area (Å²) in [6.45, 7) is 8.05. The van der Waals surface area contributed by atoms with Crippen molar-refractivity contribution in [1.82, 2.24) is 0 Å². The van der Waals surface area contributed by atoms with Gasteiger partial charge in [0.25, 0.3) is 0 Å². The molecule has 0 spiro atoms. The van der Waals surface area contributed by atoms with E-state index in [-0.39, 0.29) is 34.2 Å². The van der Waals surface area contributed by atoms with Crippen molar-refractivity contribution in [3.63, 3.8) is 0 Å². The Balaban J connectivity index is 1.76. The van der Waals surface area contributed by atoms with E-state index in [1.54, 1.807) is 13.0 Å². The lowest BCUT2D eigenvalue weighted by Crippen LogP contribution is -2.53. The number of hydrogen-bond donors (Lipinski definition) is 2. The fourth-order valence-corrected chi connectivity index (χ4v) is 7.20. The van der Waals surface area contributed by atoms with Crippen LogP contribution < -0.4 is 0 Å². The van der Waals surface area contributed by atoms with Crippen LogP contribution in [0.15, 0.2) is 23.3 Å². The quantitative estimate of drug-likeness (QED) is 0.780. The SMILES string of the molecule is CC1=CC(=O)C=C2CC[C@H]3[C@@H]4[C@H](C(O)C(C)O)CC(=O)[C@@]4(C)CC[C@@H]3[C@@]12C. The third kappa shape index (κ3) is 2.49. The molecule has 4 aliphatic carbocycles. The maximum Gasteiger partial charge on any atom is 0.178 e. The molecule has 4 nitrogen and oxygen atoms in total. The van der Waals surface area contributed by atoms with E-state index in [1.807, 2.05) is 6.08 Å². The molecular weight excluding hydrogens is 340 g/mol. The maximum absolute atomic E-state index is 13.0. The predicted molar refractivity (Wildman–Crippen MR) is 103 cm³/mol. The van der Waals surface area contributed by atoms with Crippen LogP contribution in [-0.4, -0.2) is 34.0 Å². The Kier molecular flexibility index (Phi) is 4.32. The maximum atomic E-state index is 13.0. The van der Waals surface area contributed by atoms with Crippen LogP contribution in [-0.2, 0) is 9.59 Å². The number of ketones is 2. The van der Waals surface area contributed by atoms with Gasteiger partial charge in [-0.25, -0.2) is 0 Å². The summed E-state index contributed by atoms with van der Waals surface area (Å²) in [7, 11) is 0. The number of carbonyl (C=O) groups is 2. The minimum atomic E-state index is -0.853. The van der Waals surface area contributed by atoms with Crippen molar-refractivity contribution in [2.45, 2.75) is 72.0 Å². The monoisotopic (exact) mass is 372 g/mol. The second kappa shape index (κ2) is 6.12. The van der Waals surface area contributed by atoms with E-state index in [2.05, 4.69) is 20.8 Å². The van der Waals surface area contributed by atoms with Gasteiger partial charge in [-0.15, -0.1) is 0 Å². The second-order valence-electron chi connectivity index (χ2n) is 9.91. The highest BCUT2D eigenvalue weighted by atomic mass is 16.3. The first-order chi connectivity index (χ1) is 12.6. The molecule has 0 aromatic rings. The normalized spacial score (nSPS) is 46.0. The number of carbonyl (C=O) groups excluding carboxylic acids is 2. The molecule has 8 atom stereocenters. The minimum Gasteiger partial charge on any atom is -0.391 e. The van der Waals surface area contributed by atoms with Gasteiger partial charge >= 0.3 is 0 Å². The molecule has 3 saturated carbocycles. The number of aliphatic hydroxyl groups is 2. The number of fused-ring (bicyclic) bond motifs is 5. The molecule has 0 heterocycles. The summed E-state index contributed by atoms with van der Waals surface area (Å²) in [6, 6.07) is 0. The van der Waals surface area contributed by atoms with E-state index in [0.717, 1.165) is 31.3 Å². The smallest absolute Gasteiger partial charge is 0.178 e. The highest BCUT2D eigenvalue weighted by Crippen LogP contribution is 2.66. The summed E-state index contributed by atoms with van der Waals surface area (Å²) >= 11 is 0. The van der Waals surface area contributed by atoms with E-state index in [9.17, 15) is 19.8 Å². The van der Waals surface area contributed by atoms with Crippen LogP contribution >= 0.6 is 0 Å². The predicted octanol–water partition coefficient (Wildman–Crippen LogP) is 3.22. The van der Waals surface area contributed by atoms with Crippen LogP contribution in [0.3, 0.4) is 0 Å². The summed E-state index contributed by atoms with van der Waals surface area (Å²) in [5, 5.41) is 20.7. The van der Waals surface area contributed by atoms with Gasteiger partial charge in [0.1, 0.15) is 5.78 Å². The third-order valence-electron chi connectivity index (χ3n) is 8.79. The molecule has 27 heavy (non-hydrogen) atoms. The van der Waals surface area contributed by atoms with Crippen molar-refractivity contribution < 1.29 is 19.8 Å². The fraction of sp³-hybridized carbons (Fsp3) is 0.739. The Labute approximate surface area is 161 Å². The number of allylic oxidation sites excluding steroid dienone is 4. The number of hydrogen-bond acceptors (Lipinski definition) is 4. The topological polar surface area (TPSA) is 74.6 Å². The molecule has 2 unspecified atom stereocenters. The van der Waals surface area contributed by atoms with Crippen molar-refractivity contribution >= 4 is 11.6 Å². The van der Waals surface area contributed by atoms with Crippen LogP contribution in [0.25, 0.3) is 0 Å². The van der Waals surface area contributed by atoms with Crippen molar-refractivity contribution in [2.75, 3.05) is 0 Å². The van der Waals surface area contributed by atoms with Crippen molar-refractivity contribution in [3.8, 4) is 0 Å². The molecule has 0 saturated heterocycles. The Morgan fingerprint density at radius 3 is 2.52 bits per heavy atom. The van der Waals surface area contributed by atoms with E-state index >= 15 is 0 Å². The second-order valence-corrected chi connectivity index (χ2v) is 9.91. The number of Topliss-reactive ketones (excluding diaryl/α,β-unsaturated/α-hetero) is 1. The summed E-state index contributed by atoms with van der Waals surface area (Å²) in [5.74, 6) is 1.02. The molecule has 0 aromatic heterocycles. The molecule has 4 aliphatic rings. The molecule has 0 amide bonds. The van der Waals surface area contributed by atoms with Gasteiger partial charge < -0.3 is 10.2 Å². The fourth-order valence-electron chi connectivity index (χ4n) is 7.20. The highest BCUT2D eigenvalue weighted by molar-refractivity contribution is 6.02. The lowest BCUT2D eigenvalue weighted by Gasteiger charge is -2.58. The summed E-state index contributed by atoms with van der Waals surface area (Å²) in [6.07, 6.45) is 5.97. The van der Waals surface area contributed by atoms with E-state index < -0.39 is 12.2 Å². The van der Waals surface area contributed by atoms with Crippen LogP contribution in [0.2, 0.25) is 0 Å². The zero-order valence-corrected chi connectivity index (χ0v) is 16.9. The van der Waals surface area contributed by atoms with Crippen molar-refractivity contribution in [3.05, 3.63) is 23.3 Å². The first-order valence-electron chi connectivity index (χ1n) is 10.4. The van der Waals surface area contributed by atoms with Gasteiger partial charge in [0.05, 0.1) is 12.2 Å². The van der Waals surface area contributed by atoms with Crippen LogP contribution in [0, 0.1) is 34.5 Å². The van der Waals surface area contributed by atoms with E-state index in [4.69, 9.17) is 0 Å². The van der Waals surface area contributed by atoms with Gasteiger partial charge in [-0.1, -0.05) is 25.0 Å². The lowest BCUT2D eigenvalue weighted by molar-refractivity contribution is -0.133. The van der Waals surface area contributed by atoms with Crippen molar-refractivity contribution in [1.29, 1.82) is 0 Å². The lowest BCUT2D eigenvalue weighted by atomic mass is 9.46. The van der Waals surface area contributed by atoms with E-state index in [0.29, 0.717) is 18.3 Å². The molecule has 0 radical (unpaired) electrons. The Morgan fingerprint density at radius 2 is 1.85 bits per heavy atom. The zero-order chi connectivity index (χ0) is 19.7. The summed E-state index contributed by atoms with van der Waals surface area (Å²) in [4.78, 5) is 25.0. The van der Waals surface area contributed by atoms with Crippen LogP contribution in [0.5, 0.6) is 0 Å². The summed E-state index contributed by atoms with van der Waals surface area (Å²) < 4.78 is 0. The van der Waals surface area contributed by atoms with Crippen LogP contribution in [0.4, 0.5) is 0 Å². The zero-order valence-electron chi connectivity index (χ0n) is 16.9. The van der Waals surface area contributed by atoms with Gasteiger partial charge in [-0.05, 0) is 75.4 Å². The average molecular weight is 373 g/mol. The summed E-state index contributed by atoms with van der Waals surface area (Å²) in [5.41, 5.74) is 1.88. The molecular formula is C23H32O4. The first kappa shape index (κ1) is 19.1. The molecule has 2 N–H and O–H groups in total. The number of aliphatic hydroxyl groups excluding tert-OH is 2. The Hall–Kier alpha value is -1.26. The molecule has 0 bridgehead atoms. The average Bonchev–Trinajstić information content (AvgIpc) is 2.87. The van der Waals surface area contributed by atoms with Gasteiger partial charge in [0, 0.05) is 17.3 Å². The van der Waals surface area contributed by atoms with Gasteiger partial charge in [-0.3, -0.25) is 9.59 Å². The van der Waals surface area contributed by atoms with Gasteiger partial charge in [-0.2, -0.15) is 0 Å². The molecule has 0 aliphatic heterocycles. The first-order valence-corrected chi connectivity index (χ1v) is 10.4. The highest BCUT2D eigenvalue weighted by Gasteiger charge is 2.63. The number of rotatable bonds is 2. The molecule has 4 heteroatoms. The molecule has 3 fully saturated rings. The molecule has 4 rings (SSSR count). The third-order valence-corrected chi connectivity index (χ3v) is 8.79.